The molecule has 6 nitrogen and oxygen atoms in total. The maximum atomic E-state index is 15.1. The van der Waals surface area contributed by atoms with E-state index in [9.17, 15) is 27.9 Å². The van der Waals surface area contributed by atoms with Crippen molar-refractivity contribution in [1.29, 1.82) is 0 Å². The van der Waals surface area contributed by atoms with E-state index >= 15 is 4.39 Å². The first-order valence-electron chi connectivity index (χ1n) is 10.9. The van der Waals surface area contributed by atoms with Crippen molar-refractivity contribution in [3.8, 4) is 5.69 Å². The van der Waals surface area contributed by atoms with Crippen molar-refractivity contribution in [2.45, 2.75) is 25.1 Å². The number of benzene rings is 2. The summed E-state index contributed by atoms with van der Waals surface area (Å²) < 4.78 is 59.0. The smallest absolute Gasteiger partial charge is 0.341 e. The molecular formula is C24H21F4N3O3. The third-order valence-electron chi connectivity index (χ3n) is 6.42. The molecule has 34 heavy (non-hydrogen) atoms. The summed E-state index contributed by atoms with van der Waals surface area (Å²) in [6.45, 7) is 0.651. The molecule has 2 atom stereocenters. The number of halogens is 4. The average Bonchev–Trinajstić information content (AvgIpc) is 3.54. The van der Waals surface area contributed by atoms with Gasteiger partial charge in [-0.3, -0.25) is 4.79 Å². The van der Waals surface area contributed by atoms with Gasteiger partial charge in [-0.25, -0.2) is 22.4 Å². The Labute approximate surface area is 191 Å². The number of carboxylic acid groups (broad SMARTS) is 1. The molecular weight excluding hydrogens is 454 g/mol. The zero-order valence-corrected chi connectivity index (χ0v) is 17.9. The summed E-state index contributed by atoms with van der Waals surface area (Å²) in [6.07, 6.45) is 1.85. The Bertz CT molecular complexity index is 1360. The Morgan fingerprint density at radius 3 is 2.47 bits per heavy atom. The number of nitrogens with one attached hydrogen (secondary N) is 1. The molecule has 0 unspecified atom stereocenters. The van der Waals surface area contributed by atoms with Gasteiger partial charge in [-0.15, -0.1) is 0 Å². The largest absolute Gasteiger partial charge is 0.477 e. The molecule has 0 amide bonds. The van der Waals surface area contributed by atoms with E-state index in [1.807, 2.05) is 0 Å². The summed E-state index contributed by atoms with van der Waals surface area (Å²) in [7, 11) is 0. The highest BCUT2D eigenvalue weighted by molar-refractivity contribution is 5.94. The molecule has 1 saturated carbocycles. The lowest BCUT2D eigenvalue weighted by Gasteiger charge is -2.21. The number of alkyl halides is 1. The Morgan fingerprint density at radius 1 is 1.06 bits per heavy atom. The summed E-state index contributed by atoms with van der Waals surface area (Å²) in [6, 6.07) is 5.27. The summed E-state index contributed by atoms with van der Waals surface area (Å²) in [5.41, 5.74) is -1.82. The molecule has 2 heterocycles. The van der Waals surface area contributed by atoms with Crippen LogP contribution in [0.3, 0.4) is 0 Å². The van der Waals surface area contributed by atoms with Crippen LogP contribution in [0.4, 0.5) is 23.2 Å². The van der Waals surface area contributed by atoms with Gasteiger partial charge < -0.3 is 19.9 Å². The van der Waals surface area contributed by atoms with Crippen LogP contribution >= 0.6 is 0 Å². The number of aromatic carboxylic acids is 1. The Balaban J connectivity index is 1.63. The number of rotatable bonds is 6. The van der Waals surface area contributed by atoms with Gasteiger partial charge in [0, 0.05) is 49.2 Å². The molecule has 2 N–H and O–H groups in total. The van der Waals surface area contributed by atoms with Crippen molar-refractivity contribution in [2.75, 3.05) is 24.5 Å². The lowest BCUT2D eigenvalue weighted by molar-refractivity contribution is 0.0695. The van der Waals surface area contributed by atoms with E-state index in [4.69, 9.17) is 0 Å². The molecule has 178 valence electrons. The summed E-state index contributed by atoms with van der Waals surface area (Å²) in [5, 5.41) is 12.4. The topological polar surface area (TPSA) is 74.6 Å². The molecule has 0 radical (unpaired) electrons. The van der Waals surface area contributed by atoms with Crippen molar-refractivity contribution >= 4 is 22.6 Å². The van der Waals surface area contributed by atoms with Gasteiger partial charge in [-0.2, -0.15) is 0 Å². The van der Waals surface area contributed by atoms with Crippen molar-refractivity contribution in [3.63, 3.8) is 0 Å². The third-order valence-corrected chi connectivity index (χ3v) is 6.42. The lowest BCUT2D eigenvalue weighted by atomic mass is 10.1. The van der Waals surface area contributed by atoms with Crippen LogP contribution in [0.15, 0.2) is 41.3 Å². The fourth-order valence-electron chi connectivity index (χ4n) is 4.43. The van der Waals surface area contributed by atoms with E-state index < -0.39 is 40.6 Å². The lowest BCUT2D eigenvalue weighted by Crippen LogP contribution is -2.30. The molecule has 1 aliphatic carbocycles. The normalized spacial score (nSPS) is 20.3. The molecule has 0 spiro atoms. The van der Waals surface area contributed by atoms with Gasteiger partial charge in [0.15, 0.2) is 0 Å². The van der Waals surface area contributed by atoms with Gasteiger partial charge in [0.2, 0.25) is 5.43 Å². The quantitative estimate of drug-likeness (QED) is 0.533. The van der Waals surface area contributed by atoms with E-state index in [1.165, 1.54) is 11.0 Å². The highest BCUT2D eigenvalue weighted by Gasteiger charge is 2.35. The van der Waals surface area contributed by atoms with Crippen LogP contribution in [0.2, 0.25) is 0 Å². The van der Waals surface area contributed by atoms with Gasteiger partial charge in [-0.05, 0) is 37.1 Å². The number of anilines is 1. The van der Waals surface area contributed by atoms with Crippen molar-refractivity contribution in [1.82, 2.24) is 9.88 Å². The average molecular weight is 475 g/mol. The van der Waals surface area contributed by atoms with Crippen LogP contribution in [0.1, 0.15) is 23.2 Å². The minimum absolute atomic E-state index is 0.0165. The number of pyridine rings is 1. The van der Waals surface area contributed by atoms with E-state index in [2.05, 4.69) is 5.32 Å². The fraction of sp³-hybridized carbons (Fsp3) is 0.333. The number of carboxylic acids is 1. The molecule has 3 aromatic rings. The molecule has 1 saturated heterocycles. The second-order valence-corrected chi connectivity index (χ2v) is 8.83. The minimum Gasteiger partial charge on any atom is -0.477 e. The summed E-state index contributed by atoms with van der Waals surface area (Å²) in [5.74, 6) is -4.57. The second kappa shape index (κ2) is 8.43. The van der Waals surface area contributed by atoms with Crippen LogP contribution in [0.5, 0.6) is 0 Å². The first kappa shape index (κ1) is 22.4. The first-order valence-corrected chi connectivity index (χ1v) is 10.9. The third kappa shape index (κ3) is 4.02. The fourth-order valence-corrected chi connectivity index (χ4v) is 4.43. The number of carbonyl (C=O) groups is 1. The van der Waals surface area contributed by atoms with Gasteiger partial charge in [0.1, 0.15) is 29.2 Å². The summed E-state index contributed by atoms with van der Waals surface area (Å²) in [4.78, 5) is 25.9. The maximum Gasteiger partial charge on any atom is 0.341 e. The Hall–Kier alpha value is -3.40. The Morgan fingerprint density at radius 2 is 1.79 bits per heavy atom. The molecule has 0 bridgehead atoms. The number of fused-ring (bicyclic) bond motifs is 1. The molecule has 10 heteroatoms. The standard InChI is InChI=1S/C24H21F4N3O3/c25-13-1-4-20(17(26)5-13)31-10-16(24(33)34)23(32)15-6-18(27)22(7-21(15)31)30-9-12(19(28)11-30)8-29-14-2-3-14/h1,4-7,10,12,14,19,29H,2-3,8-9,11H2,(H,33,34)/t12-,19+/m0/s1. The maximum absolute atomic E-state index is 15.1. The Kier molecular flexibility index (Phi) is 5.55. The molecule has 2 aliphatic rings. The van der Waals surface area contributed by atoms with Crippen LogP contribution in [-0.2, 0) is 0 Å². The van der Waals surface area contributed by atoms with Crippen LogP contribution in [-0.4, -0.2) is 47.5 Å². The SMILES string of the molecule is O=C(O)c1cn(-c2ccc(F)cc2F)c2cc(N3C[C@H](CNC4CC4)[C@H](F)C3)c(F)cc2c1=O. The second-order valence-electron chi connectivity index (χ2n) is 8.83. The predicted molar refractivity (Wildman–Crippen MR) is 118 cm³/mol. The zero-order valence-electron chi connectivity index (χ0n) is 17.9. The molecule has 5 rings (SSSR count). The van der Waals surface area contributed by atoms with Gasteiger partial charge in [0.25, 0.3) is 0 Å². The minimum atomic E-state index is -1.57. The highest BCUT2D eigenvalue weighted by atomic mass is 19.1. The number of nitrogens with zero attached hydrogens (tertiary/aromatic N) is 2. The van der Waals surface area contributed by atoms with E-state index in [1.54, 1.807) is 0 Å². The number of hydrogen-bond donors (Lipinski definition) is 2. The molecule has 2 aromatic carbocycles. The van der Waals surface area contributed by atoms with Gasteiger partial charge in [-0.1, -0.05) is 0 Å². The highest BCUT2D eigenvalue weighted by Crippen LogP contribution is 2.32. The first-order chi connectivity index (χ1) is 16.2. The number of aromatic nitrogens is 1. The predicted octanol–water partition coefficient (Wildman–Crippen LogP) is 3.63. The summed E-state index contributed by atoms with van der Waals surface area (Å²) >= 11 is 0. The monoisotopic (exact) mass is 475 g/mol. The van der Waals surface area contributed by atoms with E-state index in [-0.39, 0.29) is 41.3 Å². The van der Waals surface area contributed by atoms with E-state index in [0.717, 1.165) is 41.8 Å². The van der Waals surface area contributed by atoms with Crippen molar-refractivity contribution < 1.29 is 27.5 Å². The van der Waals surface area contributed by atoms with E-state index in [0.29, 0.717) is 18.7 Å². The molecule has 1 aromatic heterocycles. The van der Waals surface area contributed by atoms with Crippen molar-refractivity contribution in [3.05, 3.63) is 69.8 Å². The zero-order chi connectivity index (χ0) is 24.1. The molecule has 2 fully saturated rings. The van der Waals surface area contributed by atoms with Gasteiger partial charge in [0.05, 0.1) is 16.9 Å². The van der Waals surface area contributed by atoms with Gasteiger partial charge >= 0.3 is 5.97 Å². The van der Waals surface area contributed by atoms with Crippen LogP contribution < -0.4 is 15.6 Å². The van der Waals surface area contributed by atoms with Crippen LogP contribution in [0, 0.1) is 23.4 Å². The van der Waals surface area contributed by atoms with Crippen LogP contribution in [0.25, 0.3) is 16.6 Å². The molecule has 1 aliphatic heterocycles. The number of hydrogen-bond acceptors (Lipinski definition) is 4. The van der Waals surface area contributed by atoms with Crippen molar-refractivity contribution in [2.24, 2.45) is 5.92 Å².